The van der Waals surface area contributed by atoms with Crippen LogP contribution in [0.25, 0.3) is 0 Å². The Morgan fingerprint density at radius 3 is 2.37 bits per heavy atom. The zero-order valence-corrected chi connectivity index (χ0v) is 17.5. The molecular formula is C10H18N3O14P3. The van der Waals surface area contributed by atoms with Crippen LogP contribution in [0.1, 0.15) is 13.2 Å². The fraction of sp³-hybridized carbons (Fsp3) is 0.600. The van der Waals surface area contributed by atoms with Crippen molar-refractivity contribution >= 4 is 29.3 Å². The van der Waals surface area contributed by atoms with Gasteiger partial charge < -0.3 is 40.3 Å². The third-order valence-electron chi connectivity index (χ3n) is 3.68. The van der Waals surface area contributed by atoms with E-state index in [0.29, 0.717) is 0 Å². The quantitative estimate of drug-likeness (QED) is 0.195. The molecule has 0 aliphatic carbocycles. The van der Waals surface area contributed by atoms with Crippen molar-refractivity contribution in [1.82, 2.24) is 9.55 Å². The number of nitrogens with zero attached hydrogens (tertiary/aromatic N) is 2. The molecule has 1 aliphatic rings. The van der Waals surface area contributed by atoms with Crippen molar-refractivity contribution in [1.29, 1.82) is 0 Å². The maximum absolute atomic E-state index is 11.9. The number of rotatable bonds is 8. The number of anilines is 1. The van der Waals surface area contributed by atoms with E-state index in [1.807, 2.05) is 0 Å². The minimum absolute atomic E-state index is 0.126. The zero-order chi connectivity index (χ0) is 23.1. The fourth-order valence-corrected chi connectivity index (χ4v) is 5.48. The van der Waals surface area contributed by atoms with E-state index in [-0.39, 0.29) is 5.82 Å². The van der Waals surface area contributed by atoms with Crippen LogP contribution >= 0.6 is 23.5 Å². The lowest BCUT2D eigenvalue weighted by Gasteiger charge is -2.27. The number of nitrogen functional groups attached to an aromatic ring is 1. The monoisotopic (exact) mass is 497 g/mol. The Bertz CT molecular complexity index is 990. The Morgan fingerprint density at radius 2 is 1.83 bits per heavy atom. The summed E-state index contributed by atoms with van der Waals surface area (Å²) in [6, 6.07) is 1.20. The number of phosphoric acid groups is 3. The number of aliphatic hydroxyl groups is 2. The number of hydrogen-bond acceptors (Lipinski definition) is 12. The molecule has 0 saturated carbocycles. The Balaban J connectivity index is 2.12. The maximum atomic E-state index is 11.9. The predicted molar refractivity (Wildman–Crippen MR) is 93.3 cm³/mol. The normalized spacial score (nSPS) is 31.2. The second-order valence-corrected chi connectivity index (χ2v) is 10.5. The van der Waals surface area contributed by atoms with Crippen LogP contribution in [0.2, 0.25) is 0 Å². The molecule has 20 heteroatoms. The predicted octanol–water partition coefficient (Wildman–Crippen LogP) is -1.82. The molecular weight excluding hydrogens is 479 g/mol. The molecule has 17 nitrogen and oxygen atoms in total. The third-order valence-corrected chi connectivity index (χ3v) is 7.48. The molecule has 1 aliphatic heterocycles. The van der Waals surface area contributed by atoms with E-state index >= 15 is 0 Å². The number of aromatic nitrogens is 2. The van der Waals surface area contributed by atoms with Gasteiger partial charge in [0.1, 0.15) is 23.6 Å². The summed E-state index contributed by atoms with van der Waals surface area (Å²) in [5.74, 6) is -0.126. The molecule has 1 aromatic heterocycles. The summed E-state index contributed by atoms with van der Waals surface area (Å²) in [4.78, 5) is 50.8. The summed E-state index contributed by atoms with van der Waals surface area (Å²) < 4.78 is 51.1. The Hall–Kier alpha value is -1.03. The van der Waals surface area contributed by atoms with E-state index in [0.717, 1.165) is 17.7 Å². The van der Waals surface area contributed by atoms with Crippen LogP contribution < -0.4 is 11.4 Å². The lowest BCUT2D eigenvalue weighted by molar-refractivity contribution is -0.0985. The van der Waals surface area contributed by atoms with Gasteiger partial charge in [-0.1, -0.05) is 0 Å². The van der Waals surface area contributed by atoms with Crippen LogP contribution in [0.15, 0.2) is 17.1 Å². The zero-order valence-electron chi connectivity index (χ0n) is 14.9. The minimum atomic E-state index is -5.73. The molecule has 0 bridgehead atoms. The van der Waals surface area contributed by atoms with Crippen molar-refractivity contribution in [3.8, 4) is 0 Å². The largest absolute Gasteiger partial charge is 0.490 e. The third kappa shape index (κ3) is 6.24. The number of phosphoric ester groups is 1. The van der Waals surface area contributed by atoms with E-state index in [1.165, 1.54) is 6.07 Å². The number of nitrogens with two attached hydrogens (primary N) is 1. The highest BCUT2D eigenvalue weighted by molar-refractivity contribution is 7.66. The van der Waals surface area contributed by atoms with E-state index in [1.54, 1.807) is 0 Å². The molecule has 1 saturated heterocycles. The molecule has 172 valence electrons. The van der Waals surface area contributed by atoms with Gasteiger partial charge >= 0.3 is 29.2 Å². The maximum Gasteiger partial charge on any atom is 0.490 e. The molecule has 0 radical (unpaired) electrons. The topological polar surface area (TPSA) is 270 Å². The molecule has 3 unspecified atom stereocenters. The Labute approximate surface area is 167 Å². The summed E-state index contributed by atoms with van der Waals surface area (Å²) in [5, 5.41) is 20.7. The molecule has 6 atom stereocenters. The van der Waals surface area contributed by atoms with Gasteiger partial charge in [-0.25, -0.2) is 18.5 Å². The molecule has 2 heterocycles. The second-order valence-electron chi connectivity index (χ2n) is 6.13. The smallest absolute Gasteiger partial charge is 0.387 e. The lowest BCUT2D eigenvalue weighted by atomic mass is 9.96. The minimum Gasteiger partial charge on any atom is -0.387 e. The molecule has 30 heavy (non-hydrogen) atoms. The number of hydrogen-bond donors (Lipinski definition) is 7. The van der Waals surface area contributed by atoms with Gasteiger partial charge in [0.2, 0.25) is 0 Å². The standard InChI is InChI=1S/C10H18N3O14P3/c1-10(16)7(14)5(25-8(10)13-3-2-6(11)12-9(13)15)4-24-29(20,21)27-30(22,23)26-28(17,18)19/h2-3,5,7-8,14,16H,4H2,1H3,(H,20,21)(H,22,23)(H2,11,12,15)(H2,17,18,19)/t5-,7?,8-,10+/m1/s1. The fourth-order valence-electron chi connectivity index (χ4n) is 2.45. The van der Waals surface area contributed by atoms with Crippen LogP contribution in [0, 0.1) is 0 Å². The molecule has 0 spiro atoms. The summed E-state index contributed by atoms with van der Waals surface area (Å²) in [5.41, 5.74) is 2.28. The van der Waals surface area contributed by atoms with Crippen LogP contribution in [0.4, 0.5) is 5.82 Å². The highest BCUT2D eigenvalue weighted by Gasteiger charge is 2.54. The SMILES string of the molecule is C[C@]1(O)C(O)[C@@H](COP(=O)(O)OP(=O)(O)OP(=O)(O)O)O[C@H]1n1ccc(N)nc1=O. The average molecular weight is 497 g/mol. The van der Waals surface area contributed by atoms with Gasteiger partial charge in [0.15, 0.2) is 6.23 Å². The first kappa shape index (κ1) is 25.2. The molecule has 1 aromatic rings. The summed E-state index contributed by atoms with van der Waals surface area (Å²) in [6.45, 7) is 0.0462. The summed E-state index contributed by atoms with van der Waals surface area (Å²) in [7, 11) is -16.8. The number of ether oxygens (including phenoxy) is 1. The van der Waals surface area contributed by atoms with Crippen LogP contribution in [0.5, 0.6) is 0 Å². The van der Waals surface area contributed by atoms with Crippen molar-refractivity contribution in [2.45, 2.75) is 31.0 Å². The Morgan fingerprint density at radius 1 is 1.23 bits per heavy atom. The van der Waals surface area contributed by atoms with E-state index in [9.17, 15) is 33.6 Å². The molecule has 1 fully saturated rings. The average Bonchev–Trinajstić information content (AvgIpc) is 2.73. The van der Waals surface area contributed by atoms with E-state index < -0.39 is 59.8 Å². The first-order chi connectivity index (χ1) is 13.4. The van der Waals surface area contributed by atoms with Gasteiger partial charge in [-0.15, -0.1) is 0 Å². The van der Waals surface area contributed by atoms with Crippen molar-refractivity contribution < 1.29 is 61.4 Å². The summed E-state index contributed by atoms with van der Waals surface area (Å²) in [6.07, 6.45) is -3.80. The van der Waals surface area contributed by atoms with Crippen molar-refractivity contribution in [3.05, 3.63) is 22.7 Å². The first-order valence-corrected chi connectivity index (χ1v) is 12.1. The van der Waals surface area contributed by atoms with Gasteiger partial charge in [0, 0.05) is 6.20 Å². The van der Waals surface area contributed by atoms with Crippen molar-refractivity contribution in [2.24, 2.45) is 0 Å². The van der Waals surface area contributed by atoms with Gasteiger partial charge in [-0.05, 0) is 13.0 Å². The van der Waals surface area contributed by atoms with E-state index in [2.05, 4.69) is 18.1 Å². The van der Waals surface area contributed by atoms with Crippen LogP contribution in [-0.2, 0) is 31.6 Å². The highest BCUT2D eigenvalue weighted by Crippen LogP contribution is 2.66. The number of aliphatic hydroxyl groups excluding tert-OH is 1. The van der Waals surface area contributed by atoms with Gasteiger partial charge in [0.05, 0.1) is 6.61 Å². The highest BCUT2D eigenvalue weighted by atomic mass is 31.3. The second kappa shape index (κ2) is 8.48. The van der Waals surface area contributed by atoms with Crippen LogP contribution in [-0.4, -0.2) is 63.8 Å². The van der Waals surface area contributed by atoms with E-state index in [4.69, 9.17) is 25.2 Å². The lowest BCUT2D eigenvalue weighted by Crippen LogP contribution is -2.46. The molecule has 0 aromatic carbocycles. The van der Waals surface area contributed by atoms with Gasteiger partial charge in [0.25, 0.3) is 0 Å². The first-order valence-electron chi connectivity index (χ1n) is 7.62. The molecule has 0 amide bonds. The van der Waals surface area contributed by atoms with Gasteiger partial charge in [-0.2, -0.15) is 13.6 Å². The van der Waals surface area contributed by atoms with Gasteiger partial charge in [-0.3, -0.25) is 9.09 Å². The molecule has 8 N–H and O–H groups in total. The van der Waals surface area contributed by atoms with Crippen molar-refractivity contribution in [3.63, 3.8) is 0 Å². The Kier molecular flexibility index (Phi) is 7.14. The van der Waals surface area contributed by atoms with Crippen molar-refractivity contribution in [2.75, 3.05) is 12.3 Å². The summed E-state index contributed by atoms with van der Waals surface area (Å²) >= 11 is 0. The molecule has 2 rings (SSSR count). The van der Waals surface area contributed by atoms with Crippen LogP contribution in [0.3, 0.4) is 0 Å².